The van der Waals surface area contributed by atoms with Gasteiger partial charge in [-0.3, -0.25) is 4.79 Å². The van der Waals surface area contributed by atoms with E-state index in [1.54, 1.807) is 10.7 Å². The van der Waals surface area contributed by atoms with Crippen molar-refractivity contribution in [2.24, 2.45) is 0 Å². The number of carbonyl (C=O) groups is 1. The minimum absolute atomic E-state index is 0.202. The molecular weight excluding hydrogens is 244 g/mol. The second-order valence-electron chi connectivity index (χ2n) is 4.90. The molecule has 2 atom stereocenters. The zero-order valence-electron chi connectivity index (χ0n) is 10.6. The summed E-state index contributed by atoms with van der Waals surface area (Å²) in [4.78, 5) is 12.2. The SMILES string of the molecule is Cc1ccc2c(C(=O)N[C@H]3CNC[C@H]3O)cnn2c1. The normalized spacial score (nSPS) is 22.8. The number of amides is 1. The zero-order chi connectivity index (χ0) is 13.4. The second-order valence-corrected chi connectivity index (χ2v) is 4.90. The maximum Gasteiger partial charge on any atom is 0.255 e. The van der Waals surface area contributed by atoms with E-state index in [2.05, 4.69) is 15.7 Å². The maximum absolute atomic E-state index is 12.2. The van der Waals surface area contributed by atoms with E-state index in [-0.39, 0.29) is 11.9 Å². The molecular formula is C13H16N4O2. The quantitative estimate of drug-likeness (QED) is 0.693. The Labute approximate surface area is 110 Å². The summed E-state index contributed by atoms with van der Waals surface area (Å²) in [6.45, 7) is 3.07. The molecule has 3 N–H and O–H groups in total. The molecule has 3 rings (SSSR count). The number of aryl methyl sites for hydroxylation is 1. The van der Waals surface area contributed by atoms with Crippen LogP contribution in [0.3, 0.4) is 0 Å². The van der Waals surface area contributed by atoms with Crippen molar-refractivity contribution >= 4 is 11.4 Å². The lowest BCUT2D eigenvalue weighted by Gasteiger charge is -2.14. The first-order valence-corrected chi connectivity index (χ1v) is 6.29. The Morgan fingerprint density at radius 2 is 2.37 bits per heavy atom. The molecule has 2 aromatic heterocycles. The molecule has 100 valence electrons. The van der Waals surface area contributed by atoms with Crippen LogP contribution in [0.15, 0.2) is 24.5 Å². The average Bonchev–Trinajstić information content (AvgIpc) is 2.96. The topological polar surface area (TPSA) is 78.7 Å². The second kappa shape index (κ2) is 4.64. The van der Waals surface area contributed by atoms with Gasteiger partial charge in [-0.2, -0.15) is 5.10 Å². The van der Waals surface area contributed by atoms with Gasteiger partial charge in [0.15, 0.2) is 0 Å². The van der Waals surface area contributed by atoms with E-state index < -0.39 is 6.10 Å². The van der Waals surface area contributed by atoms with Gasteiger partial charge in [-0.05, 0) is 18.6 Å². The lowest BCUT2D eigenvalue weighted by molar-refractivity contribution is 0.0890. The van der Waals surface area contributed by atoms with Gasteiger partial charge in [0, 0.05) is 19.3 Å². The molecule has 3 heterocycles. The highest BCUT2D eigenvalue weighted by atomic mass is 16.3. The van der Waals surface area contributed by atoms with Crippen LogP contribution in [-0.2, 0) is 0 Å². The van der Waals surface area contributed by atoms with Gasteiger partial charge in [-0.1, -0.05) is 6.07 Å². The minimum atomic E-state index is -0.534. The Bertz CT molecular complexity index is 622. The van der Waals surface area contributed by atoms with Crippen LogP contribution in [-0.4, -0.2) is 45.9 Å². The number of carbonyl (C=O) groups excluding carboxylic acids is 1. The van der Waals surface area contributed by atoms with Gasteiger partial charge >= 0.3 is 0 Å². The number of hydrogen-bond donors (Lipinski definition) is 3. The molecule has 19 heavy (non-hydrogen) atoms. The first-order chi connectivity index (χ1) is 9.15. The predicted molar refractivity (Wildman–Crippen MR) is 70.1 cm³/mol. The molecule has 1 amide bonds. The first kappa shape index (κ1) is 12.1. The minimum Gasteiger partial charge on any atom is -0.390 e. The Morgan fingerprint density at radius 1 is 1.53 bits per heavy atom. The lowest BCUT2D eigenvalue weighted by Crippen LogP contribution is -2.42. The number of pyridine rings is 1. The highest BCUT2D eigenvalue weighted by molar-refractivity contribution is 6.00. The molecule has 1 aliphatic heterocycles. The summed E-state index contributed by atoms with van der Waals surface area (Å²) in [5.41, 5.74) is 2.38. The van der Waals surface area contributed by atoms with E-state index in [1.165, 1.54) is 0 Å². The van der Waals surface area contributed by atoms with Crippen LogP contribution in [0, 0.1) is 6.92 Å². The standard InChI is InChI=1S/C13H16N4O2/c1-8-2-3-11-9(4-15-17(11)7-8)13(19)16-10-5-14-6-12(10)18/h2-4,7,10,12,14,18H,5-6H2,1H3,(H,16,19)/t10-,12+/m0/s1. The summed E-state index contributed by atoms with van der Waals surface area (Å²) >= 11 is 0. The highest BCUT2D eigenvalue weighted by Gasteiger charge is 2.27. The molecule has 0 spiro atoms. The Hall–Kier alpha value is -1.92. The molecule has 0 unspecified atom stereocenters. The van der Waals surface area contributed by atoms with E-state index in [0.717, 1.165) is 11.1 Å². The highest BCUT2D eigenvalue weighted by Crippen LogP contribution is 2.12. The lowest BCUT2D eigenvalue weighted by atomic mass is 10.2. The van der Waals surface area contributed by atoms with Gasteiger partial charge in [0.1, 0.15) is 0 Å². The third kappa shape index (κ3) is 2.20. The molecule has 0 radical (unpaired) electrons. The van der Waals surface area contributed by atoms with E-state index in [4.69, 9.17) is 0 Å². The van der Waals surface area contributed by atoms with E-state index in [1.807, 2.05) is 25.3 Å². The molecule has 6 heteroatoms. The summed E-state index contributed by atoms with van der Waals surface area (Å²) < 4.78 is 1.69. The fourth-order valence-electron chi connectivity index (χ4n) is 2.32. The number of aliphatic hydroxyl groups is 1. The number of nitrogens with one attached hydrogen (secondary N) is 2. The third-order valence-corrected chi connectivity index (χ3v) is 3.41. The molecule has 0 aliphatic carbocycles. The number of fused-ring (bicyclic) bond motifs is 1. The molecule has 0 aromatic carbocycles. The summed E-state index contributed by atoms with van der Waals surface area (Å²) in [7, 11) is 0. The van der Waals surface area contributed by atoms with Crippen molar-refractivity contribution in [3.05, 3.63) is 35.7 Å². The monoisotopic (exact) mass is 260 g/mol. The summed E-state index contributed by atoms with van der Waals surface area (Å²) in [6, 6.07) is 3.58. The van der Waals surface area contributed by atoms with Gasteiger partial charge in [0.2, 0.25) is 0 Å². The van der Waals surface area contributed by atoms with Crippen molar-refractivity contribution in [1.29, 1.82) is 0 Å². The largest absolute Gasteiger partial charge is 0.390 e. The van der Waals surface area contributed by atoms with Gasteiger partial charge in [0.05, 0.1) is 29.4 Å². The summed E-state index contributed by atoms with van der Waals surface area (Å²) in [5, 5.41) is 19.7. The van der Waals surface area contributed by atoms with Crippen molar-refractivity contribution in [3.8, 4) is 0 Å². The third-order valence-electron chi connectivity index (χ3n) is 3.41. The smallest absolute Gasteiger partial charge is 0.255 e. The molecule has 6 nitrogen and oxygen atoms in total. The van der Waals surface area contributed by atoms with Crippen LogP contribution in [0.4, 0.5) is 0 Å². The molecule has 1 saturated heterocycles. The van der Waals surface area contributed by atoms with Gasteiger partial charge in [0.25, 0.3) is 5.91 Å². The van der Waals surface area contributed by atoms with Gasteiger partial charge in [-0.25, -0.2) is 4.52 Å². The fraction of sp³-hybridized carbons (Fsp3) is 0.385. The van der Waals surface area contributed by atoms with Crippen LogP contribution in [0.1, 0.15) is 15.9 Å². The van der Waals surface area contributed by atoms with Crippen molar-refractivity contribution in [2.75, 3.05) is 13.1 Å². The fourth-order valence-corrected chi connectivity index (χ4v) is 2.32. The van der Waals surface area contributed by atoms with Crippen molar-refractivity contribution in [3.63, 3.8) is 0 Å². The Balaban J connectivity index is 1.85. The Morgan fingerprint density at radius 3 is 3.11 bits per heavy atom. The van der Waals surface area contributed by atoms with Gasteiger partial charge in [-0.15, -0.1) is 0 Å². The molecule has 0 saturated carbocycles. The molecule has 1 fully saturated rings. The van der Waals surface area contributed by atoms with Crippen LogP contribution >= 0.6 is 0 Å². The van der Waals surface area contributed by atoms with E-state index in [0.29, 0.717) is 18.7 Å². The van der Waals surface area contributed by atoms with E-state index in [9.17, 15) is 9.90 Å². The predicted octanol–water partition coefficient (Wildman–Crippen LogP) is -0.295. The average molecular weight is 260 g/mol. The first-order valence-electron chi connectivity index (χ1n) is 6.29. The number of aromatic nitrogens is 2. The van der Waals surface area contributed by atoms with Crippen LogP contribution < -0.4 is 10.6 Å². The number of rotatable bonds is 2. The van der Waals surface area contributed by atoms with Crippen molar-refractivity contribution in [2.45, 2.75) is 19.1 Å². The number of aliphatic hydroxyl groups excluding tert-OH is 1. The van der Waals surface area contributed by atoms with Crippen molar-refractivity contribution < 1.29 is 9.90 Å². The summed E-state index contributed by atoms with van der Waals surface area (Å²) in [6.07, 6.45) is 2.89. The molecule has 2 aromatic rings. The van der Waals surface area contributed by atoms with Gasteiger partial charge < -0.3 is 15.7 Å². The van der Waals surface area contributed by atoms with E-state index >= 15 is 0 Å². The zero-order valence-corrected chi connectivity index (χ0v) is 10.6. The maximum atomic E-state index is 12.2. The number of nitrogens with zero attached hydrogens (tertiary/aromatic N) is 2. The molecule has 1 aliphatic rings. The Kier molecular flexibility index (Phi) is 2.96. The van der Waals surface area contributed by atoms with Crippen LogP contribution in [0.25, 0.3) is 5.52 Å². The van der Waals surface area contributed by atoms with Crippen LogP contribution in [0.2, 0.25) is 0 Å². The molecule has 0 bridgehead atoms. The van der Waals surface area contributed by atoms with Crippen LogP contribution in [0.5, 0.6) is 0 Å². The number of β-amino-alcohol motifs (C(OH)–C–C–N with tert-alkyl or cyclic N) is 1. The summed E-state index contributed by atoms with van der Waals surface area (Å²) in [5.74, 6) is -0.202. The van der Waals surface area contributed by atoms with Crippen molar-refractivity contribution in [1.82, 2.24) is 20.2 Å². The number of hydrogen-bond acceptors (Lipinski definition) is 4.